The Morgan fingerprint density at radius 2 is 1.13 bits per heavy atom. The summed E-state index contributed by atoms with van der Waals surface area (Å²) in [5, 5.41) is 32.2. The minimum absolute atomic E-state index is 0.00451. The fourth-order valence-corrected chi connectivity index (χ4v) is 5.66. The molecule has 63 heavy (non-hydrogen) atoms. The van der Waals surface area contributed by atoms with Gasteiger partial charge >= 0.3 is 11.8 Å². The number of pyridine rings is 4. The molecule has 0 aliphatic rings. The molecule has 6 aromatic heterocycles. The van der Waals surface area contributed by atoms with Crippen LogP contribution in [0.1, 0.15) is 22.8 Å². The Balaban J connectivity index is 0.000000238. The van der Waals surface area contributed by atoms with E-state index in [0.717, 1.165) is 46.1 Å². The van der Waals surface area contributed by atoms with E-state index < -0.39 is 89.8 Å². The second kappa shape index (κ2) is 21.0. The molecule has 0 fully saturated rings. The largest absolute Gasteiger partial charge is 0.618 e. The third-order valence-electron chi connectivity index (χ3n) is 8.45. The molecule has 0 spiro atoms. The molecule has 2 amide bonds. The summed E-state index contributed by atoms with van der Waals surface area (Å²) in [6, 6.07) is 14.9. The van der Waals surface area contributed by atoms with Crippen LogP contribution in [0.4, 0.5) is 33.6 Å². The summed E-state index contributed by atoms with van der Waals surface area (Å²) in [5.41, 5.74) is -2.79. The maximum Gasteiger partial charge on any atom is 0.347 e. The van der Waals surface area contributed by atoms with E-state index in [9.17, 15) is 51.5 Å². The lowest BCUT2D eigenvalue weighted by atomic mass is 10.2. The molecule has 6 heterocycles. The first-order chi connectivity index (χ1) is 30.0. The first kappa shape index (κ1) is 46.8. The second-order valence-corrected chi connectivity index (χ2v) is 13.7. The number of halogens is 7. The molecule has 18 nitrogen and oxygen atoms in total. The van der Waals surface area contributed by atoms with Crippen molar-refractivity contribution in [3.05, 3.63) is 174 Å². The number of hydrogen-bond acceptors (Lipinski definition) is 12. The van der Waals surface area contributed by atoms with Crippen LogP contribution < -0.4 is 41.8 Å². The lowest BCUT2D eigenvalue weighted by Gasteiger charge is -2.17. The van der Waals surface area contributed by atoms with Crippen molar-refractivity contribution in [3.63, 3.8) is 0 Å². The molecule has 4 N–H and O–H groups in total. The number of amides is 2. The van der Waals surface area contributed by atoms with Crippen molar-refractivity contribution < 1.29 is 41.0 Å². The highest BCUT2D eigenvalue weighted by molar-refractivity contribution is 6.29. The van der Waals surface area contributed by atoms with Gasteiger partial charge in [-0.1, -0.05) is 29.3 Å². The van der Waals surface area contributed by atoms with E-state index in [1.165, 1.54) is 42.6 Å². The zero-order chi connectivity index (χ0) is 45.7. The predicted octanol–water partition coefficient (Wildman–Crippen LogP) is 3.03. The SMILES string of the molecule is O=C(Cn1c(Cl)cnc(NCC(F)(F)c2cccc[n+]2[O-])c1=O)NCc1ccccn1.O=C(Cn1c(Cl)cnc(NCC(F)(F)c2cccc[n+]2[O-])c1=O)NCc1ncccc1F. The predicted molar refractivity (Wildman–Crippen MR) is 215 cm³/mol. The molecule has 0 radical (unpaired) electrons. The van der Waals surface area contributed by atoms with Crippen molar-refractivity contribution in [1.29, 1.82) is 0 Å². The van der Waals surface area contributed by atoms with Gasteiger partial charge in [-0.15, -0.1) is 0 Å². The van der Waals surface area contributed by atoms with Crippen LogP contribution in [0, 0.1) is 16.2 Å². The Labute approximate surface area is 362 Å². The van der Waals surface area contributed by atoms with Gasteiger partial charge in [-0.05, 0) is 36.4 Å². The molecule has 0 aliphatic carbocycles. The molecule has 330 valence electrons. The van der Waals surface area contributed by atoms with Crippen molar-refractivity contribution in [2.45, 2.75) is 38.0 Å². The number of nitrogens with one attached hydrogen (secondary N) is 4. The number of nitrogens with zero attached hydrogens (tertiary/aromatic N) is 8. The number of aromatic nitrogens is 8. The summed E-state index contributed by atoms with van der Waals surface area (Å²) >= 11 is 11.9. The van der Waals surface area contributed by atoms with Gasteiger partial charge in [0.05, 0.1) is 50.0 Å². The Morgan fingerprint density at radius 3 is 1.59 bits per heavy atom. The van der Waals surface area contributed by atoms with Crippen LogP contribution in [0.3, 0.4) is 0 Å². The molecule has 6 rings (SSSR count). The average molecular weight is 920 g/mol. The van der Waals surface area contributed by atoms with Crippen molar-refractivity contribution >= 4 is 46.7 Å². The first-order valence-electron chi connectivity index (χ1n) is 18.1. The summed E-state index contributed by atoms with van der Waals surface area (Å²) < 4.78 is 72.8. The van der Waals surface area contributed by atoms with E-state index >= 15 is 0 Å². The van der Waals surface area contributed by atoms with E-state index in [2.05, 4.69) is 41.2 Å². The highest BCUT2D eigenvalue weighted by atomic mass is 35.5. The van der Waals surface area contributed by atoms with Crippen molar-refractivity contribution in [2.75, 3.05) is 23.7 Å². The smallest absolute Gasteiger partial charge is 0.347 e. The van der Waals surface area contributed by atoms with Crippen LogP contribution in [-0.4, -0.2) is 54.0 Å². The van der Waals surface area contributed by atoms with Crippen molar-refractivity contribution in [1.82, 2.24) is 39.7 Å². The Kier molecular flexibility index (Phi) is 15.6. The van der Waals surface area contributed by atoms with E-state index in [1.54, 1.807) is 24.4 Å². The lowest BCUT2D eigenvalue weighted by molar-refractivity contribution is -0.624. The number of alkyl halides is 4. The zero-order valence-electron chi connectivity index (χ0n) is 32.2. The van der Waals surface area contributed by atoms with E-state index in [4.69, 9.17) is 23.2 Å². The minimum Gasteiger partial charge on any atom is -0.618 e. The van der Waals surface area contributed by atoms with Gasteiger partial charge in [0.25, 0.3) is 22.5 Å². The summed E-state index contributed by atoms with van der Waals surface area (Å²) in [5.74, 6) is -9.97. The number of rotatable bonds is 16. The van der Waals surface area contributed by atoms with Crippen LogP contribution in [0.5, 0.6) is 0 Å². The van der Waals surface area contributed by atoms with E-state index in [0.29, 0.717) is 5.69 Å². The average Bonchev–Trinajstić information content (AvgIpc) is 3.26. The number of carbonyl (C=O) groups excluding carboxylic acids is 2. The fraction of sp³-hybridized carbons (Fsp3) is 0.211. The monoisotopic (exact) mass is 918 g/mol. The van der Waals surface area contributed by atoms with E-state index in [1.807, 2.05) is 0 Å². The maximum atomic E-state index is 14.4. The Bertz CT molecular complexity index is 2680. The third kappa shape index (κ3) is 12.6. The van der Waals surface area contributed by atoms with Crippen LogP contribution in [0.25, 0.3) is 0 Å². The molecule has 0 aromatic carbocycles. The Morgan fingerprint density at radius 1 is 0.651 bits per heavy atom. The maximum absolute atomic E-state index is 14.4. The molecule has 6 aromatic rings. The Hall–Kier alpha value is -7.27. The quantitative estimate of drug-likeness (QED) is 0.0624. The summed E-state index contributed by atoms with van der Waals surface area (Å²) in [4.78, 5) is 64.7. The molecule has 0 unspecified atom stereocenters. The van der Waals surface area contributed by atoms with Gasteiger partial charge < -0.3 is 31.7 Å². The van der Waals surface area contributed by atoms with Gasteiger partial charge in [-0.25, -0.2) is 14.4 Å². The van der Waals surface area contributed by atoms with Gasteiger partial charge in [0.15, 0.2) is 24.0 Å². The number of anilines is 2. The van der Waals surface area contributed by atoms with Crippen LogP contribution in [0.15, 0.2) is 114 Å². The fourth-order valence-electron chi connectivity index (χ4n) is 5.29. The van der Waals surface area contributed by atoms with Crippen molar-refractivity contribution in [3.8, 4) is 0 Å². The lowest BCUT2D eigenvalue weighted by Crippen LogP contribution is -2.41. The molecule has 0 saturated carbocycles. The van der Waals surface area contributed by atoms with Crippen molar-refractivity contribution in [2.24, 2.45) is 0 Å². The molecule has 0 aliphatic heterocycles. The van der Waals surface area contributed by atoms with Gasteiger partial charge in [0.2, 0.25) is 11.8 Å². The van der Waals surface area contributed by atoms with E-state index in [-0.39, 0.29) is 38.6 Å². The van der Waals surface area contributed by atoms with Crippen LogP contribution in [0.2, 0.25) is 10.3 Å². The highest BCUT2D eigenvalue weighted by Gasteiger charge is 2.40. The first-order valence-corrected chi connectivity index (χ1v) is 18.9. The number of carbonyl (C=O) groups is 2. The standard InChI is InChI=1S/C19H16ClF3N6O3.C19H17ClF2N6O3/c20-15-9-26-17(27-11-19(22,23)14-5-1-2-7-29(14)32)18(31)28(15)10-16(30)25-8-13-12(21)4-3-6-24-13;20-15-10-25-17(26-12-19(21,22)14-6-2-4-8-28(14)31)18(30)27(15)11-16(29)24-9-13-5-1-3-7-23-13/h1-7,9H,8,10-11H2,(H,25,30)(H,26,27);1-8,10H,9,11-12H2,(H,24,29)(H,25,26). The highest BCUT2D eigenvalue weighted by Crippen LogP contribution is 2.26. The van der Waals surface area contributed by atoms with Gasteiger partial charge in [0, 0.05) is 36.7 Å². The molecule has 0 bridgehead atoms. The van der Waals surface area contributed by atoms with Crippen LogP contribution in [-0.2, 0) is 47.6 Å². The molecule has 25 heteroatoms. The zero-order valence-corrected chi connectivity index (χ0v) is 33.7. The minimum atomic E-state index is -3.62. The molecular weight excluding hydrogens is 886 g/mol. The molecule has 0 saturated heterocycles. The number of hydrogen-bond donors (Lipinski definition) is 4. The third-order valence-corrected chi connectivity index (χ3v) is 9.05. The second-order valence-electron chi connectivity index (χ2n) is 12.9. The van der Waals surface area contributed by atoms with Gasteiger partial charge in [-0.2, -0.15) is 27.0 Å². The van der Waals surface area contributed by atoms with Crippen LogP contribution >= 0.6 is 23.2 Å². The molecule has 0 atom stereocenters. The summed E-state index contributed by atoms with van der Waals surface area (Å²) in [7, 11) is 0. The molecular formula is C38H33Cl2F5N12O6. The van der Waals surface area contributed by atoms with Gasteiger partial charge in [0.1, 0.15) is 29.2 Å². The summed E-state index contributed by atoms with van der Waals surface area (Å²) in [6.45, 7) is -3.27. The normalized spacial score (nSPS) is 11.2. The summed E-state index contributed by atoms with van der Waals surface area (Å²) in [6.07, 6.45) is 6.86. The van der Waals surface area contributed by atoms with Gasteiger partial charge in [-0.3, -0.25) is 38.3 Å². The topological polar surface area (TPSA) is 232 Å².